The Hall–Kier alpha value is -1.54. The first kappa shape index (κ1) is 82.5. The molecule has 84 heavy (non-hydrogen) atoms. The van der Waals surface area contributed by atoms with Crippen molar-refractivity contribution in [1.82, 2.24) is 5.32 Å². The maximum atomic E-state index is 13.0. The van der Waals surface area contributed by atoms with E-state index in [1.807, 2.05) is 27.2 Å². The molecule has 0 aromatic rings. The number of hydrogen-bond acceptors (Lipinski definition) is 6. The van der Waals surface area contributed by atoms with Crippen LogP contribution in [-0.2, 0) is 18.4 Å². The summed E-state index contributed by atoms with van der Waals surface area (Å²) < 4.78 is 23.4. The number of quaternary nitrogens is 1. The number of nitrogens with one attached hydrogen (secondary N) is 1. The van der Waals surface area contributed by atoms with Crippen LogP contribution < -0.4 is 10.2 Å². The van der Waals surface area contributed by atoms with Crippen LogP contribution in [-0.4, -0.2) is 68.5 Å². The first-order chi connectivity index (χ1) is 41.0. The minimum atomic E-state index is -4.61. The van der Waals surface area contributed by atoms with Crippen molar-refractivity contribution in [2.45, 2.75) is 386 Å². The Balaban J connectivity index is 3.93. The highest BCUT2D eigenvalue weighted by atomic mass is 31.2. The van der Waals surface area contributed by atoms with E-state index >= 15 is 0 Å². The topological polar surface area (TPSA) is 108 Å². The van der Waals surface area contributed by atoms with E-state index in [1.165, 1.54) is 308 Å². The van der Waals surface area contributed by atoms with Crippen molar-refractivity contribution in [3.63, 3.8) is 0 Å². The lowest BCUT2D eigenvalue weighted by atomic mass is 10.0. The molecule has 496 valence electrons. The molecule has 1 amide bonds. The number of aliphatic hydroxyl groups excluding tert-OH is 1. The van der Waals surface area contributed by atoms with Gasteiger partial charge in [0, 0.05) is 6.42 Å². The molecule has 0 fully saturated rings. The Labute approximate surface area is 524 Å². The molecule has 0 aliphatic carbocycles. The van der Waals surface area contributed by atoms with E-state index in [0.29, 0.717) is 17.4 Å². The molecule has 0 aliphatic heterocycles. The lowest BCUT2D eigenvalue weighted by molar-refractivity contribution is -0.870. The van der Waals surface area contributed by atoms with E-state index in [9.17, 15) is 19.4 Å². The highest BCUT2D eigenvalue weighted by molar-refractivity contribution is 7.45. The van der Waals surface area contributed by atoms with E-state index < -0.39 is 26.6 Å². The number of phosphoric ester groups is 1. The van der Waals surface area contributed by atoms with Crippen LogP contribution in [0.25, 0.3) is 0 Å². The predicted octanol–water partition coefficient (Wildman–Crippen LogP) is 23.2. The second kappa shape index (κ2) is 65.9. The third-order valence-electron chi connectivity index (χ3n) is 17.0. The van der Waals surface area contributed by atoms with Crippen LogP contribution >= 0.6 is 7.82 Å². The van der Waals surface area contributed by atoms with Gasteiger partial charge in [0.05, 0.1) is 39.9 Å². The Morgan fingerprint density at radius 3 is 0.964 bits per heavy atom. The zero-order valence-corrected chi connectivity index (χ0v) is 57.8. The van der Waals surface area contributed by atoms with E-state index in [0.717, 1.165) is 44.9 Å². The molecule has 2 N–H and O–H groups in total. The number of aliphatic hydroxyl groups is 1. The largest absolute Gasteiger partial charge is 0.756 e. The predicted molar refractivity (Wildman–Crippen MR) is 367 cm³/mol. The molecule has 8 nitrogen and oxygen atoms in total. The van der Waals surface area contributed by atoms with Crippen LogP contribution in [0.3, 0.4) is 0 Å². The van der Waals surface area contributed by atoms with E-state index in [4.69, 9.17) is 9.05 Å². The van der Waals surface area contributed by atoms with Gasteiger partial charge in [0.2, 0.25) is 5.91 Å². The molecule has 0 aliphatic rings. The molecular weight excluding hydrogens is 1060 g/mol. The Bertz CT molecular complexity index is 1510. The number of hydrogen-bond donors (Lipinski definition) is 2. The summed E-state index contributed by atoms with van der Waals surface area (Å²) in [5.74, 6) is -0.204. The van der Waals surface area contributed by atoms with Gasteiger partial charge in [0.1, 0.15) is 13.2 Å². The summed E-state index contributed by atoms with van der Waals surface area (Å²) in [6, 6.07) is -0.910. The van der Waals surface area contributed by atoms with E-state index in [1.54, 1.807) is 6.08 Å². The fourth-order valence-corrected chi connectivity index (χ4v) is 12.0. The standard InChI is InChI=1S/C75H145N2O6P/c1-6-8-10-12-14-16-18-20-22-24-26-28-29-30-31-32-33-34-35-36-37-38-39-40-41-42-43-44-45-46-47-49-51-53-55-57-59-61-63-65-67-69-75(79)76-73(72-83-84(80,81)82-71-70-77(3,4)5)74(78)68-66-64-62-60-58-56-54-52-50-48-27-25-23-21-19-17-15-13-11-9-7-2/h24,26,50,52,58,60,66,68,73-74,78H,6-23,25,27-49,51,53-57,59,61-65,67,69-72H2,1-5H3,(H-,76,79,80,81)/b26-24-,52-50+,60-58+,68-66+. The molecule has 0 radical (unpaired) electrons. The molecule has 0 bridgehead atoms. The monoisotopic (exact) mass is 1200 g/mol. The summed E-state index contributed by atoms with van der Waals surface area (Å²) in [6.45, 7) is 4.67. The maximum absolute atomic E-state index is 13.0. The number of likely N-dealkylation sites (N-methyl/N-ethyl adjacent to an activating group) is 1. The highest BCUT2D eigenvalue weighted by Gasteiger charge is 2.23. The summed E-state index contributed by atoms with van der Waals surface area (Å²) >= 11 is 0. The third kappa shape index (κ3) is 68.0. The normalized spacial score (nSPS) is 13.8. The molecule has 0 rings (SSSR count). The number of amides is 1. The van der Waals surface area contributed by atoms with Gasteiger partial charge in [-0.15, -0.1) is 0 Å². The SMILES string of the molecule is CCCCCCCCCC/C=C\CCCCCCCCCCCCCCCCCCCCCCCCCCCCCCCC(=O)NC(COP(=O)([O-])OCC[N+](C)(C)C)C(O)/C=C/CC/C=C/CC/C=C/CCCCCCCCCCCCC. The van der Waals surface area contributed by atoms with Gasteiger partial charge in [0.25, 0.3) is 7.82 Å². The van der Waals surface area contributed by atoms with Crippen molar-refractivity contribution >= 4 is 13.7 Å². The summed E-state index contributed by atoms with van der Waals surface area (Å²) in [4.78, 5) is 25.6. The summed E-state index contributed by atoms with van der Waals surface area (Å²) in [5, 5.41) is 13.9. The van der Waals surface area contributed by atoms with E-state index in [-0.39, 0.29) is 12.5 Å². The number of unbranched alkanes of at least 4 members (excludes halogenated alkanes) is 50. The minimum Gasteiger partial charge on any atom is -0.756 e. The van der Waals surface area contributed by atoms with Gasteiger partial charge in [-0.3, -0.25) is 9.36 Å². The van der Waals surface area contributed by atoms with Crippen LogP contribution in [0.4, 0.5) is 0 Å². The number of nitrogens with zero attached hydrogens (tertiary/aromatic N) is 1. The van der Waals surface area contributed by atoms with Gasteiger partial charge in [-0.25, -0.2) is 0 Å². The molecule has 0 aromatic heterocycles. The molecule has 3 unspecified atom stereocenters. The fourth-order valence-electron chi connectivity index (χ4n) is 11.2. The van der Waals surface area contributed by atoms with Gasteiger partial charge < -0.3 is 28.8 Å². The molecule has 0 heterocycles. The average Bonchev–Trinajstić information content (AvgIpc) is 3.56. The van der Waals surface area contributed by atoms with Gasteiger partial charge in [-0.05, 0) is 70.6 Å². The van der Waals surface area contributed by atoms with Crippen LogP contribution in [0.5, 0.6) is 0 Å². The first-order valence-corrected chi connectivity index (χ1v) is 38.5. The number of rotatable bonds is 69. The van der Waals surface area contributed by atoms with Gasteiger partial charge >= 0.3 is 0 Å². The molecule has 0 saturated carbocycles. The summed E-state index contributed by atoms with van der Waals surface area (Å²) in [6.07, 6.45) is 89.9. The number of carbonyl (C=O) groups excluding carboxylic acids is 1. The maximum Gasteiger partial charge on any atom is 0.268 e. The average molecular weight is 1200 g/mol. The van der Waals surface area contributed by atoms with E-state index in [2.05, 4.69) is 55.6 Å². The van der Waals surface area contributed by atoms with Gasteiger partial charge in [-0.2, -0.15) is 0 Å². The van der Waals surface area contributed by atoms with Crippen molar-refractivity contribution in [3.8, 4) is 0 Å². The molecule has 9 heteroatoms. The fraction of sp³-hybridized carbons (Fsp3) is 0.880. The van der Waals surface area contributed by atoms with Crippen LogP contribution in [0.15, 0.2) is 48.6 Å². The molecule has 3 atom stereocenters. The second-order valence-corrected chi connectivity index (χ2v) is 28.0. The summed E-state index contributed by atoms with van der Waals surface area (Å²) in [7, 11) is 1.25. The van der Waals surface area contributed by atoms with Gasteiger partial charge in [-0.1, -0.05) is 345 Å². The molecule has 0 saturated heterocycles. The number of allylic oxidation sites excluding steroid dienone is 7. The van der Waals surface area contributed by atoms with Crippen molar-refractivity contribution in [2.24, 2.45) is 0 Å². The quantitative estimate of drug-likeness (QED) is 0.0272. The molecular formula is C75H145N2O6P. The Morgan fingerprint density at radius 1 is 0.405 bits per heavy atom. The second-order valence-electron chi connectivity index (χ2n) is 26.6. The zero-order valence-electron chi connectivity index (χ0n) is 56.9. The molecule has 0 aromatic carbocycles. The molecule has 0 spiro atoms. The van der Waals surface area contributed by atoms with Crippen molar-refractivity contribution in [1.29, 1.82) is 0 Å². The summed E-state index contributed by atoms with van der Waals surface area (Å²) in [5.41, 5.74) is 0. The number of phosphoric acid groups is 1. The van der Waals surface area contributed by atoms with Crippen LogP contribution in [0.1, 0.15) is 373 Å². The number of carbonyl (C=O) groups is 1. The van der Waals surface area contributed by atoms with Crippen LogP contribution in [0.2, 0.25) is 0 Å². The lowest BCUT2D eigenvalue weighted by Gasteiger charge is -2.29. The Kier molecular flexibility index (Phi) is 64.7. The highest BCUT2D eigenvalue weighted by Crippen LogP contribution is 2.38. The van der Waals surface area contributed by atoms with Crippen molar-refractivity contribution in [3.05, 3.63) is 48.6 Å². The third-order valence-corrected chi connectivity index (χ3v) is 18.0. The lowest BCUT2D eigenvalue weighted by Crippen LogP contribution is -2.45. The Morgan fingerprint density at radius 2 is 0.667 bits per heavy atom. The van der Waals surface area contributed by atoms with Crippen molar-refractivity contribution in [2.75, 3.05) is 40.9 Å². The van der Waals surface area contributed by atoms with Crippen molar-refractivity contribution < 1.29 is 32.9 Å². The first-order valence-electron chi connectivity index (χ1n) is 37.0. The minimum absolute atomic E-state index is 0.00774. The zero-order chi connectivity index (χ0) is 61.2. The van der Waals surface area contributed by atoms with Crippen LogP contribution in [0, 0.1) is 0 Å². The van der Waals surface area contributed by atoms with Gasteiger partial charge in [0.15, 0.2) is 0 Å². The smallest absolute Gasteiger partial charge is 0.268 e.